The Morgan fingerprint density at radius 2 is 1.64 bits per heavy atom. The number of amides is 1. The number of Topliss-reactive ketones (excluding diaryl/α,β-unsaturated/α-hetero) is 1. The van der Waals surface area contributed by atoms with E-state index in [1.807, 2.05) is 31.2 Å². The molecule has 0 aliphatic carbocycles. The summed E-state index contributed by atoms with van der Waals surface area (Å²) in [6, 6.07) is 20.3. The van der Waals surface area contributed by atoms with Gasteiger partial charge in [0.1, 0.15) is 18.1 Å². The van der Waals surface area contributed by atoms with Crippen LogP contribution in [-0.2, 0) is 25.7 Å². The molecule has 39 heavy (non-hydrogen) atoms. The fourth-order valence-electron chi connectivity index (χ4n) is 4.59. The molecule has 0 saturated carbocycles. The second kappa shape index (κ2) is 12.4. The summed E-state index contributed by atoms with van der Waals surface area (Å²) in [5.41, 5.74) is 3.46. The van der Waals surface area contributed by atoms with Gasteiger partial charge in [-0.3, -0.25) is 9.59 Å². The molecule has 202 valence electrons. The SMILES string of the molecule is COCCCN1C(=O)C(=O)C(=C(O)c2ccc(OCc3cccc(C)c3)cc2)[C@@H]1c1ccc(C(=O)OC)cc1. The number of rotatable bonds is 10. The third kappa shape index (κ3) is 6.18. The maximum atomic E-state index is 13.2. The van der Waals surface area contributed by atoms with Gasteiger partial charge in [0.25, 0.3) is 11.7 Å². The van der Waals surface area contributed by atoms with E-state index in [9.17, 15) is 19.5 Å². The van der Waals surface area contributed by atoms with Crippen molar-refractivity contribution in [3.63, 3.8) is 0 Å². The van der Waals surface area contributed by atoms with Gasteiger partial charge in [-0.15, -0.1) is 0 Å². The van der Waals surface area contributed by atoms with Crippen LogP contribution in [0.2, 0.25) is 0 Å². The van der Waals surface area contributed by atoms with Crippen molar-refractivity contribution in [3.05, 3.63) is 106 Å². The summed E-state index contributed by atoms with van der Waals surface area (Å²) in [5.74, 6) is -1.65. The fourth-order valence-corrected chi connectivity index (χ4v) is 4.59. The van der Waals surface area contributed by atoms with Crippen LogP contribution in [-0.4, -0.2) is 55.0 Å². The van der Waals surface area contributed by atoms with Gasteiger partial charge in [0.2, 0.25) is 0 Å². The van der Waals surface area contributed by atoms with E-state index in [2.05, 4.69) is 0 Å². The van der Waals surface area contributed by atoms with Crippen molar-refractivity contribution in [2.75, 3.05) is 27.4 Å². The number of methoxy groups -OCH3 is 2. The Balaban J connectivity index is 1.64. The Hall–Kier alpha value is -4.43. The molecule has 8 heteroatoms. The van der Waals surface area contributed by atoms with Crippen molar-refractivity contribution in [2.45, 2.75) is 26.0 Å². The maximum Gasteiger partial charge on any atom is 0.337 e. The molecule has 0 unspecified atom stereocenters. The smallest absolute Gasteiger partial charge is 0.337 e. The molecular weight excluding hydrogens is 498 g/mol. The number of nitrogens with zero attached hydrogens (tertiary/aromatic N) is 1. The van der Waals surface area contributed by atoms with Gasteiger partial charge < -0.3 is 24.2 Å². The predicted octanol–water partition coefficient (Wildman–Crippen LogP) is 4.82. The van der Waals surface area contributed by atoms with Gasteiger partial charge in [-0.25, -0.2) is 4.79 Å². The first-order valence-electron chi connectivity index (χ1n) is 12.6. The van der Waals surface area contributed by atoms with E-state index in [4.69, 9.17) is 14.2 Å². The zero-order valence-electron chi connectivity index (χ0n) is 22.2. The van der Waals surface area contributed by atoms with Crippen molar-refractivity contribution in [2.24, 2.45) is 0 Å². The van der Waals surface area contributed by atoms with E-state index < -0.39 is 23.7 Å². The summed E-state index contributed by atoms with van der Waals surface area (Å²) in [5, 5.41) is 11.3. The average molecular weight is 530 g/mol. The number of ether oxygens (including phenoxy) is 3. The number of likely N-dealkylation sites (tertiary alicyclic amines) is 1. The van der Waals surface area contributed by atoms with Crippen molar-refractivity contribution in [1.29, 1.82) is 0 Å². The highest BCUT2D eigenvalue weighted by Crippen LogP contribution is 2.39. The molecule has 1 atom stereocenters. The first-order valence-corrected chi connectivity index (χ1v) is 12.6. The number of aryl methyl sites for hydroxylation is 1. The normalized spacial score (nSPS) is 16.4. The number of ketones is 1. The van der Waals surface area contributed by atoms with Crippen molar-refractivity contribution in [3.8, 4) is 5.75 Å². The lowest BCUT2D eigenvalue weighted by molar-refractivity contribution is -0.140. The van der Waals surface area contributed by atoms with E-state index in [0.29, 0.717) is 42.1 Å². The third-order valence-electron chi connectivity index (χ3n) is 6.55. The molecule has 1 aliphatic rings. The first kappa shape index (κ1) is 27.6. The highest BCUT2D eigenvalue weighted by molar-refractivity contribution is 6.46. The lowest BCUT2D eigenvalue weighted by Gasteiger charge is -2.25. The molecule has 0 radical (unpaired) electrons. The van der Waals surface area contributed by atoms with Gasteiger partial charge in [-0.05, 0) is 60.9 Å². The lowest BCUT2D eigenvalue weighted by Crippen LogP contribution is -2.31. The largest absolute Gasteiger partial charge is 0.507 e. The number of aliphatic hydroxyl groups excluding tert-OH is 1. The van der Waals surface area contributed by atoms with Crippen LogP contribution in [0.3, 0.4) is 0 Å². The van der Waals surface area contributed by atoms with Gasteiger partial charge in [0, 0.05) is 25.8 Å². The van der Waals surface area contributed by atoms with Crippen LogP contribution in [0.1, 0.15) is 45.1 Å². The molecule has 8 nitrogen and oxygen atoms in total. The summed E-state index contributed by atoms with van der Waals surface area (Å²) in [4.78, 5) is 39.6. The number of hydrogen-bond acceptors (Lipinski definition) is 7. The Morgan fingerprint density at radius 1 is 0.949 bits per heavy atom. The molecule has 1 aliphatic heterocycles. The Morgan fingerprint density at radius 3 is 2.28 bits per heavy atom. The van der Waals surface area contributed by atoms with Gasteiger partial charge in [0.05, 0.1) is 24.3 Å². The standard InChI is InChI=1S/C31H31NO7/c1-20-6-4-7-21(18-20)19-39-25-14-12-23(13-15-25)28(33)26-27(22-8-10-24(11-9-22)31(36)38-3)32(16-5-17-37-2)30(35)29(26)34/h4,6-15,18,27,33H,5,16-17,19H2,1-3H3/t27-/m0/s1. The Labute approximate surface area is 227 Å². The van der Waals surface area contributed by atoms with Crippen LogP contribution in [0.4, 0.5) is 0 Å². The van der Waals surface area contributed by atoms with Crippen molar-refractivity contribution in [1.82, 2.24) is 4.90 Å². The number of benzene rings is 3. The molecular formula is C31H31NO7. The monoisotopic (exact) mass is 529 g/mol. The quantitative estimate of drug-likeness (QED) is 0.132. The summed E-state index contributed by atoms with van der Waals surface area (Å²) in [6.45, 7) is 3.07. The van der Waals surface area contributed by atoms with Gasteiger partial charge in [0.15, 0.2) is 0 Å². The number of carbonyl (C=O) groups excluding carboxylic acids is 3. The molecule has 1 N–H and O–H groups in total. The van der Waals surface area contributed by atoms with Crippen LogP contribution in [0.15, 0.2) is 78.4 Å². The van der Waals surface area contributed by atoms with Gasteiger partial charge in [-0.2, -0.15) is 0 Å². The minimum atomic E-state index is -0.828. The molecule has 0 spiro atoms. The second-order valence-corrected chi connectivity index (χ2v) is 9.25. The summed E-state index contributed by atoms with van der Waals surface area (Å²) < 4.78 is 15.8. The van der Waals surface area contributed by atoms with Crippen LogP contribution in [0.25, 0.3) is 5.76 Å². The average Bonchev–Trinajstić information content (AvgIpc) is 3.21. The molecule has 4 rings (SSSR count). The van der Waals surface area contributed by atoms with Crippen molar-refractivity contribution < 1.29 is 33.7 Å². The second-order valence-electron chi connectivity index (χ2n) is 9.25. The zero-order chi connectivity index (χ0) is 27.9. The third-order valence-corrected chi connectivity index (χ3v) is 6.55. The van der Waals surface area contributed by atoms with Crippen LogP contribution in [0.5, 0.6) is 5.75 Å². The van der Waals surface area contributed by atoms with Crippen molar-refractivity contribution >= 4 is 23.4 Å². The number of hydrogen-bond donors (Lipinski definition) is 1. The van der Waals surface area contributed by atoms with E-state index in [1.165, 1.54) is 12.0 Å². The number of aliphatic hydroxyl groups is 1. The zero-order valence-corrected chi connectivity index (χ0v) is 22.2. The van der Waals surface area contributed by atoms with Crippen LogP contribution in [0, 0.1) is 6.92 Å². The highest BCUT2D eigenvalue weighted by Gasteiger charge is 2.45. The Kier molecular flexibility index (Phi) is 8.78. The van der Waals surface area contributed by atoms with Crippen LogP contribution < -0.4 is 4.74 Å². The number of carbonyl (C=O) groups is 3. The lowest BCUT2D eigenvalue weighted by atomic mass is 9.94. The van der Waals surface area contributed by atoms with E-state index in [-0.39, 0.29) is 17.9 Å². The minimum absolute atomic E-state index is 0.0170. The maximum absolute atomic E-state index is 13.2. The fraction of sp³-hybridized carbons (Fsp3) is 0.258. The molecule has 1 saturated heterocycles. The highest BCUT2D eigenvalue weighted by atomic mass is 16.5. The van der Waals surface area contributed by atoms with E-state index in [0.717, 1.165) is 11.1 Å². The summed E-state index contributed by atoms with van der Waals surface area (Å²) >= 11 is 0. The molecule has 1 amide bonds. The minimum Gasteiger partial charge on any atom is -0.507 e. The Bertz CT molecular complexity index is 1380. The van der Waals surface area contributed by atoms with E-state index in [1.54, 1.807) is 55.6 Å². The molecule has 0 bridgehead atoms. The molecule has 3 aromatic rings. The summed E-state index contributed by atoms with van der Waals surface area (Å²) in [7, 11) is 2.85. The molecule has 1 heterocycles. The van der Waals surface area contributed by atoms with Gasteiger partial charge >= 0.3 is 5.97 Å². The molecule has 1 fully saturated rings. The first-order chi connectivity index (χ1) is 18.8. The predicted molar refractivity (Wildman–Crippen MR) is 145 cm³/mol. The van der Waals surface area contributed by atoms with Gasteiger partial charge in [-0.1, -0.05) is 42.0 Å². The topological polar surface area (TPSA) is 102 Å². The molecule has 3 aromatic carbocycles. The molecule has 0 aromatic heterocycles. The number of esters is 1. The summed E-state index contributed by atoms with van der Waals surface area (Å²) in [6.07, 6.45) is 0.507. The van der Waals surface area contributed by atoms with Crippen LogP contribution >= 0.6 is 0 Å². The van der Waals surface area contributed by atoms with E-state index >= 15 is 0 Å².